The molecule has 0 aliphatic rings. The highest BCUT2D eigenvalue weighted by molar-refractivity contribution is 7.45. The number of nitrogens with zero attached hydrogens (tertiary/aromatic N) is 1. The van der Waals surface area contributed by atoms with E-state index >= 15 is 0 Å². The molecular weight excluding hydrogens is 864 g/mol. The molecule has 0 aliphatic heterocycles. The molecule has 3 atom stereocenters. The SMILES string of the molecule is CC/C=C\C/C=C\C/C=C\C/C=C\C/C=C\CCCC(=O)NC(COP(=O)([O-])OCC[N+](C)(C)C)C(O)/C=C/CC/C=C/CCCCCCCCCCCCCCCCCCCCCCCCC. The molecule has 8 nitrogen and oxygen atoms in total. The third-order valence-corrected chi connectivity index (χ3v) is 13.1. The lowest BCUT2D eigenvalue weighted by Crippen LogP contribution is -2.45. The first kappa shape index (κ1) is 65.7. The van der Waals surface area contributed by atoms with Gasteiger partial charge in [-0.3, -0.25) is 9.36 Å². The van der Waals surface area contributed by atoms with E-state index in [0.29, 0.717) is 17.4 Å². The van der Waals surface area contributed by atoms with Crippen molar-refractivity contribution in [2.75, 3.05) is 40.9 Å². The fraction of sp³-hybridized carbons (Fsp3) is 0.746. The first-order chi connectivity index (χ1) is 33.0. The number of carbonyl (C=O) groups is 1. The van der Waals surface area contributed by atoms with Gasteiger partial charge in [-0.15, -0.1) is 0 Å². The Labute approximate surface area is 420 Å². The Morgan fingerprint density at radius 1 is 0.529 bits per heavy atom. The van der Waals surface area contributed by atoms with Gasteiger partial charge >= 0.3 is 0 Å². The van der Waals surface area contributed by atoms with Crippen LogP contribution in [0.3, 0.4) is 0 Å². The lowest BCUT2D eigenvalue weighted by molar-refractivity contribution is -0.870. The van der Waals surface area contributed by atoms with Gasteiger partial charge in [0.05, 0.1) is 39.9 Å². The predicted molar refractivity (Wildman–Crippen MR) is 293 cm³/mol. The molecular formula is C59H107N2O6P. The summed E-state index contributed by atoms with van der Waals surface area (Å²) in [5.41, 5.74) is 0. The summed E-state index contributed by atoms with van der Waals surface area (Å²) >= 11 is 0. The molecule has 0 fully saturated rings. The molecule has 9 heteroatoms. The fourth-order valence-corrected chi connectivity index (χ4v) is 8.46. The van der Waals surface area contributed by atoms with Gasteiger partial charge in [0.15, 0.2) is 0 Å². The number of quaternary nitrogens is 1. The first-order valence-corrected chi connectivity index (χ1v) is 29.4. The van der Waals surface area contributed by atoms with E-state index in [-0.39, 0.29) is 18.9 Å². The monoisotopic (exact) mass is 971 g/mol. The molecule has 2 N–H and O–H groups in total. The van der Waals surface area contributed by atoms with Crippen LogP contribution in [0.1, 0.15) is 232 Å². The summed E-state index contributed by atoms with van der Waals surface area (Å²) in [5, 5.41) is 13.8. The number of rotatable bonds is 50. The van der Waals surface area contributed by atoms with Crippen molar-refractivity contribution in [3.05, 3.63) is 85.1 Å². The zero-order valence-electron chi connectivity index (χ0n) is 44.8. The standard InChI is InChI=1S/C59H107N2O6P/c1-6-8-10-12-14-16-18-20-22-24-25-26-27-28-29-30-31-32-33-34-35-37-38-40-42-44-46-48-50-52-58(62)57(56-67-68(64,65)66-55-54-61(3,4)5)60-59(63)53-51-49-47-45-43-41-39-36-23-21-19-17-15-13-11-9-7-2/h9,11,15,17,21,23,39,41-42,44-45,47,50,52,57-58,62H,6-8,10,12-14,16,18-20,22,24-38,40,43,46,48-49,51,53-56H2,1-5H3,(H-,60,63,64,65)/b11-9-,17-15-,23-21-,41-39-,44-42+,47-45-,52-50+. The molecule has 0 saturated carbocycles. The zero-order chi connectivity index (χ0) is 49.9. The van der Waals surface area contributed by atoms with Crippen LogP contribution in [0.4, 0.5) is 0 Å². The van der Waals surface area contributed by atoms with E-state index in [9.17, 15) is 19.4 Å². The predicted octanol–water partition coefficient (Wildman–Crippen LogP) is 16.2. The molecule has 0 saturated heterocycles. The van der Waals surface area contributed by atoms with Crippen LogP contribution in [-0.2, 0) is 18.4 Å². The molecule has 68 heavy (non-hydrogen) atoms. The number of likely N-dealkylation sites (N-methyl/N-ethyl adjacent to an activating group) is 1. The minimum atomic E-state index is -4.62. The molecule has 0 aliphatic carbocycles. The number of phosphoric ester groups is 1. The van der Waals surface area contributed by atoms with Crippen LogP contribution in [0.2, 0.25) is 0 Å². The number of aliphatic hydroxyl groups is 1. The number of unbranched alkanes of at least 4 members (excludes halogenated alkanes) is 25. The van der Waals surface area contributed by atoms with Crippen molar-refractivity contribution in [2.24, 2.45) is 0 Å². The zero-order valence-corrected chi connectivity index (χ0v) is 45.7. The van der Waals surface area contributed by atoms with Crippen molar-refractivity contribution in [2.45, 2.75) is 244 Å². The maximum atomic E-state index is 12.9. The summed E-state index contributed by atoms with van der Waals surface area (Å²) in [6.07, 6.45) is 69.7. The van der Waals surface area contributed by atoms with Crippen molar-refractivity contribution in [3.8, 4) is 0 Å². The van der Waals surface area contributed by atoms with Crippen molar-refractivity contribution >= 4 is 13.7 Å². The smallest absolute Gasteiger partial charge is 0.268 e. The Morgan fingerprint density at radius 2 is 0.912 bits per heavy atom. The summed E-state index contributed by atoms with van der Waals surface area (Å²) in [6.45, 7) is 4.47. The van der Waals surface area contributed by atoms with Crippen LogP contribution >= 0.6 is 7.82 Å². The fourth-order valence-electron chi connectivity index (χ4n) is 7.73. The van der Waals surface area contributed by atoms with Gasteiger partial charge in [-0.05, 0) is 70.6 Å². The minimum Gasteiger partial charge on any atom is -0.756 e. The van der Waals surface area contributed by atoms with E-state index in [0.717, 1.165) is 57.8 Å². The summed E-state index contributed by atoms with van der Waals surface area (Å²) in [5.74, 6) is -0.265. The van der Waals surface area contributed by atoms with Crippen molar-refractivity contribution in [3.63, 3.8) is 0 Å². The number of carbonyl (C=O) groups excluding carboxylic acids is 1. The second-order valence-corrected chi connectivity index (χ2v) is 21.3. The van der Waals surface area contributed by atoms with Crippen LogP contribution in [0, 0.1) is 0 Å². The highest BCUT2D eigenvalue weighted by atomic mass is 31.2. The van der Waals surface area contributed by atoms with Crippen molar-refractivity contribution < 1.29 is 32.9 Å². The van der Waals surface area contributed by atoms with Crippen LogP contribution in [0.5, 0.6) is 0 Å². The lowest BCUT2D eigenvalue weighted by atomic mass is 10.0. The molecule has 0 rings (SSSR count). The van der Waals surface area contributed by atoms with Crippen LogP contribution in [0.25, 0.3) is 0 Å². The molecule has 0 bridgehead atoms. The topological polar surface area (TPSA) is 108 Å². The van der Waals surface area contributed by atoms with Gasteiger partial charge in [0, 0.05) is 6.42 Å². The Balaban J connectivity index is 4.29. The summed E-state index contributed by atoms with van der Waals surface area (Å²) < 4.78 is 23.3. The van der Waals surface area contributed by atoms with Crippen molar-refractivity contribution in [1.29, 1.82) is 0 Å². The van der Waals surface area contributed by atoms with Gasteiger partial charge < -0.3 is 28.8 Å². The van der Waals surface area contributed by atoms with E-state index in [1.165, 1.54) is 148 Å². The second kappa shape index (κ2) is 49.7. The van der Waals surface area contributed by atoms with Gasteiger partial charge in [0.25, 0.3) is 7.82 Å². The summed E-state index contributed by atoms with van der Waals surface area (Å²) in [4.78, 5) is 25.4. The molecule has 3 unspecified atom stereocenters. The normalized spacial score (nSPS) is 14.6. The number of aliphatic hydroxyl groups excluding tert-OH is 1. The van der Waals surface area contributed by atoms with Crippen molar-refractivity contribution in [1.82, 2.24) is 5.32 Å². The van der Waals surface area contributed by atoms with E-state index in [1.54, 1.807) is 6.08 Å². The largest absolute Gasteiger partial charge is 0.756 e. The van der Waals surface area contributed by atoms with Gasteiger partial charge in [-0.1, -0.05) is 240 Å². The number of allylic oxidation sites excluding steroid dienone is 13. The molecule has 394 valence electrons. The van der Waals surface area contributed by atoms with Gasteiger partial charge in [-0.2, -0.15) is 0 Å². The Kier molecular flexibility index (Phi) is 48.0. The molecule has 0 heterocycles. The van der Waals surface area contributed by atoms with E-state index in [1.807, 2.05) is 27.2 Å². The molecule has 0 aromatic heterocycles. The summed E-state index contributed by atoms with van der Waals surface area (Å²) in [6, 6.07) is -0.939. The summed E-state index contributed by atoms with van der Waals surface area (Å²) in [7, 11) is 1.20. The molecule has 0 aromatic rings. The third-order valence-electron chi connectivity index (χ3n) is 12.1. The average molecular weight is 971 g/mol. The first-order valence-electron chi connectivity index (χ1n) is 27.9. The van der Waals surface area contributed by atoms with E-state index in [2.05, 4.69) is 92.1 Å². The molecule has 0 aromatic carbocycles. The van der Waals surface area contributed by atoms with E-state index in [4.69, 9.17) is 9.05 Å². The molecule has 0 radical (unpaired) electrons. The number of nitrogens with one attached hydrogen (secondary N) is 1. The van der Waals surface area contributed by atoms with Gasteiger partial charge in [0.2, 0.25) is 5.91 Å². The molecule has 0 spiro atoms. The highest BCUT2D eigenvalue weighted by Gasteiger charge is 2.23. The molecule has 1 amide bonds. The average Bonchev–Trinajstić information content (AvgIpc) is 3.30. The Bertz CT molecular complexity index is 1380. The number of amides is 1. The second-order valence-electron chi connectivity index (χ2n) is 19.9. The maximum absolute atomic E-state index is 12.9. The van der Waals surface area contributed by atoms with Crippen LogP contribution in [-0.4, -0.2) is 68.5 Å². The Morgan fingerprint density at radius 3 is 1.37 bits per heavy atom. The van der Waals surface area contributed by atoms with Gasteiger partial charge in [-0.25, -0.2) is 0 Å². The number of phosphoric acid groups is 1. The number of hydrogen-bond donors (Lipinski definition) is 2. The minimum absolute atomic E-state index is 0.0211. The van der Waals surface area contributed by atoms with Crippen LogP contribution < -0.4 is 10.2 Å². The van der Waals surface area contributed by atoms with Crippen LogP contribution in [0.15, 0.2) is 85.1 Å². The van der Waals surface area contributed by atoms with Gasteiger partial charge in [0.1, 0.15) is 13.2 Å². The Hall–Kier alpha value is -2.32. The third kappa shape index (κ3) is 51.5. The lowest BCUT2D eigenvalue weighted by Gasteiger charge is -2.29. The maximum Gasteiger partial charge on any atom is 0.268 e. The highest BCUT2D eigenvalue weighted by Crippen LogP contribution is 2.38. The van der Waals surface area contributed by atoms with E-state index < -0.39 is 26.6 Å². The number of hydrogen-bond acceptors (Lipinski definition) is 6. The quantitative estimate of drug-likeness (QED) is 0.0272.